The number of nitrogens with zero attached hydrogens (tertiary/aromatic N) is 1. The Balaban J connectivity index is 1.80. The van der Waals surface area contributed by atoms with E-state index in [9.17, 15) is 9.59 Å². The molecule has 0 aliphatic rings. The van der Waals surface area contributed by atoms with Gasteiger partial charge in [0.1, 0.15) is 11.8 Å². The Labute approximate surface area is 138 Å². The molecule has 1 heterocycles. The molecule has 23 heavy (non-hydrogen) atoms. The minimum atomic E-state index is -0.605. The second-order valence-corrected chi connectivity index (χ2v) is 5.73. The first-order valence-corrected chi connectivity index (χ1v) is 8.10. The fourth-order valence-electron chi connectivity index (χ4n) is 1.98. The molecule has 7 heteroatoms. The molecule has 2 rings (SSSR count). The number of ether oxygens (including phenoxy) is 1. The maximum absolute atomic E-state index is 12.0. The van der Waals surface area contributed by atoms with Crippen LogP contribution in [-0.2, 0) is 22.6 Å². The molecule has 1 atom stereocenters. The average Bonchev–Trinajstić information content (AvgIpc) is 3.06. The molecule has 0 bridgehead atoms. The van der Waals surface area contributed by atoms with E-state index in [0.717, 1.165) is 11.3 Å². The van der Waals surface area contributed by atoms with E-state index in [1.54, 1.807) is 25.6 Å². The lowest BCUT2D eigenvalue weighted by Gasteiger charge is -2.14. The lowest BCUT2D eigenvalue weighted by molar-refractivity contribution is -0.128. The Morgan fingerprint density at radius 2 is 2.22 bits per heavy atom. The highest BCUT2D eigenvalue weighted by molar-refractivity contribution is 7.07. The van der Waals surface area contributed by atoms with Crippen LogP contribution in [0.3, 0.4) is 0 Å². The molecule has 122 valence electrons. The third-order valence-corrected chi connectivity index (χ3v) is 3.83. The summed E-state index contributed by atoms with van der Waals surface area (Å²) < 4.78 is 5.12. The van der Waals surface area contributed by atoms with E-state index in [0.29, 0.717) is 12.3 Å². The van der Waals surface area contributed by atoms with Gasteiger partial charge in [0.2, 0.25) is 11.8 Å². The fraction of sp³-hybridized carbons (Fsp3) is 0.312. The van der Waals surface area contributed by atoms with Crippen LogP contribution in [0.2, 0.25) is 0 Å². The molecule has 0 fully saturated rings. The molecule has 2 amide bonds. The molecular weight excluding hydrogens is 314 g/mol. The van der Waals surface area contributed by atoms with Crippen molar-refractivity contribution in [2.24, 2.45) is 0 Å². The molecule has 0 saturated carbocycles. The van der Waals surface area contributed by atoms with Crippen LogP contribution in [0, 0.1) is 0 Å². The topological polar surface area (TPSA) is 80.3 Å². The first-order chi connectivity index (χ1) is 11.1. The molecule has 0 spiro atoms. The van der Waals surface area contributed by atoms with Gasteiger partial charge in [0.15, 0.2) is 0 Å². The molecule has 2 N–H and O–H groups in total. The van der Waals surface area contributed by atoms with Crippen LogP contribution in [0.5, 0.6) is 5.75 Å². The lowest BCUT2D eigenvalue weighted by Crippen LogP contribution is -2.45. The van der Waals surface area contributed by atoms with Gasteiger partial charge in [-0.3, -0.25) is 9.59 Å². The predicted molar refractivity (Wildman–Crippen MR) is 88.3 cm³/mol. The van der Waals surface area contributed by atoms with Crippen LogP contribution in [-0.4, -0.2) is 29.9 Å². The molecule has 1 aromatic carbocycles. The normalized spacial score (nSPS) is 11.6. The number of hydrogen-bond donors (Lipinski definition) is 2. The quantitative estimate of drug-likeness (QED) is 0.805. The van der Waals surface area contributed by atoms with Crippen molar-refractivity contribution in [2.75, 3.05) is 7.11 Å². The summed E-state index contributed by atoms with van der Waals surface area (Å²) in [6, 6.07) is 6.68. The molecule has 0 unspecified atom stereocenters. The zero-order valence-electron chi connectivity index (χ0n) is 13.0. The highest BCUT2D eigenvalue weighted by atomic mass is 32.1. The van der Waals surface area contributed by atoms with Crippen molar-refractivity contribution in [3.8, 4) is 5.75 Å². The minimum absolute atomic E-state index is 0.195. The van der Waals surface area contributed by atoms with E-state index >= 15 is 0 Å². The monoisotopic (exact) mass is 333 g/mol. The Bertz CT molecular complexity index is 658. The number of aromatic nitrogens is 1. The van der Waals surface area contributed by atoms with Crippen molar-refractivity contribution in [2.45, 2.75) is 25.9 Å². The van der Waals surface area contributed by atoms with Crippen molar-refractivity contribution in [3.05, 3.63) is 46.4 Å². The largest absolute Gasteiger partial charge is 0.497 e. The minimum Gasteiger partial charge on any atom is -0.497 e. The standard InChI is InChI=1S/C16H19N3O3S/c1-11(16(21)17-8-13-9-23-10-18-13)19-15(20)7-12-4-3-5-14(6-12)22-2/h3-6,9-11H,7-8H2,1-2H3,(H,17,21)(H,19,20)/t11-/m1/s1. The zero-order chi connectivity index (χ0) is 16.7. The maximum atomic E-state index is 12.0. The molecular formula is C16H19N3O3S. The summed E-state index contributed by atoms with van der Waals surface area (Å²) in [4.78, 5) is 28.1. The summed E-state index contributed by atoms with van der Waals surface area (Å²) >= 11 is 1.47. The summed E-state index contributed by atoms with van der Waals surface area (Å²) in [6.45, 7) is 2.01. The van der Waals surface area contributed by atoms with E-state index in [4.69, 9.17) is 4.74 Å². The number of amides is 2. The summed E-state index contributed by atoms with van der Waals surface area (Å²) in [5, 5.41) is 7.30. The van der Waals surface area contributed by atoms with E-state index < -0.39 is 6.04 Å². The van der Waals surface area contributed by atoms with Gasteiger partial charge in [-0.1, -0.05) is 12.1 Å². The van der Waals surface area contributed by atoms with Crippen molar-refractivity contribution in [3.63, 3.8) is 0 Å². The number of thiazole rings is 1. The molecule has 1 aromatic heterocycles. The number of hydrogen-bond acceptors (Lipinski definition) is 5. The van der Waals surface area contributed by atoms with Gasteiger partial charge in [0.25, 0.3) is 0 Å². The average molecular weight is 333 g/mol. The summed E-state index contributed by atoms with van der Waals surface area (Å²) in [5.41, 5.74) is 3.34. The van der Waals surface area contributed by atoms with Crippen LogP contribution in [0.4, 0.5) is 0 Å². The highest BCUT2D eigenvalue weighted by Crippen LogP contribution is 2.12. The van der Waals surface area contributed by atoms with Crippen LogP contribution >= 0.6 is 11.3 Å². The molecule has 6 nitrogen and oxygen atoms in total. The van der Waals surface area contributed by atoms with E-state index in [-0.39, 0.29) is 18.2 Å². The number of carbonyl (C=O) groups excluding carboxylic acids is 2. The molecule has 0 radical (unpaired) electrons. The van der Waals surface area contributed by atoms with Crippen LogP contribution in [0.15, 0.2) is 35.2 Å². The number of benzene rings is 1. The van der Waals surface area contributed by atoms with Crippen molar-refractivity contribution < 1.29 is 14.3 Å². The SMILES string of the molecule is COc1cccc(CC(=O)N[C@H](C)C(=O)NCc2cscn2)c1. The first kappa shape index (κ1) is 17.0. The number of carbonyl (C=O) groups is 2. The molecule has 0 aliphatic carbocycles. The van der Waals surface area contributed by atoms with E-state index in [2.05, 4.69) is 15.6 Å². The Kier molecular flexibility index (Phi) is 6.10. The van der Waals surface area contributed by atoms with E-state index in [1.165, 1.54) is 11.3 Å². The smallest absolute Gasteiger partial charge is 0.242 e. The third-order valence-electron chi connectivity index (χ3n) is 3.20. The van der Waals surface area contributed by atoms with Crippen LogP contribution in [0.1, 0.15) is 18.2 Å². The Hall–Kier alpha value is -2.41. The Morgan fingerprint density at radius 1 is 1.39 bits per heavy atom. The zero-order valence-corrected chi connectivity index (χ0v) is 13.9. The van der Waals surface area contributed by atoms with Crippen LogP contribution in [0.25, 0.3) is 0 Å². The highest BCUT2D eigenvalue weighted by Gasteiger charge is 2.15. The number of nitrogens with one attached hydrogen (secondary N) is 2. The van der Waals surface area contributed by atoms with Crippen molar-refractivity contribution >= 4 is 23.2 Å². The predicted octanol–water partition coefficient (Wildman–Crippen LogP) is 1.52. The number of methoxy groups -OCH3 is 1. The molecule has 0 aliphatic heterocycles. The van der Waals surface area contributed by atoms with Crippen molar-refractivity contribution in [1.29, 1.82) is 0 Å². The van der Waals surface area contributed by atoms with Gasteiger partial charge >= 0.3 is 0 Å². The van der Waals surface area contributed by atoms with Gasteiger partial charge in [-0.05, 0) is 24.6 Å². The van der Waals surface area contributed by atoms with Gasteiger partial charge in [-0.2, -0.15) is 0 Å². The van der Waals surface area contributed by atoms with E-state index in [1.807, 2.05) is 23.6 Å². The Morgan fingerprint density at radius 3 is 2.91 bits per heavy atom. The summed E-state index contributed by atoms with van der Waals surface area (Å²) in [6.07, 6.45) is 0.195. The van der Waals surface area contributed by atoms with Gasteiger partial charge in [-0.25, -0.2) is 4.98 Å². The second-order valence-electron chi connectivity index (χ2n) is 5.02. The maximum Gasteiger partial charge on any atom is 0.242 e. The van der Waals surface area contributed by atoms with Crippen molar-refractivity contribution in [1.82, 2.24) is 15.6 Å². The van der Waals surface area contributed by atoms with Gasteiger partial charge in [-0.15, -0.1) is 11.3 Å². The van der Waals surface area contributed by atoms with Crippen LogP contribution < -0.4 is 15.4 Å². The molecule has 2 aromatic rings. The fourth-order valence-corrected chi connectivity index (χ4v) is 2.54. The third kappa shape index (κ3) is 5.37. The number of rotatable bonds is 7. The van der Waals surface area contributed by atoms with Gasteiger partial charge in [0, 0.05) is 5.38 Å². The van der Waals surface area contributed by atoms with Gasteiger partial charge < -0.3 is 15.4 Å². The first-order valence-electron chi connectivity index (χ1n) is 7.15. The second kappa shape index (κ2) is 8.28. The summed E-state index contributed by atoms with van der Waals surface area (Å²) in [5.74, 6) is 0.246. The summed E-state index contributed by atoms with van der Waals surface area (Å²) in [7, 11) is 1.58. The van der Waals surface area contributed by atoms with Gasteiger partial charge in [0.05, 0.1) is 31.3 Å². The lowest BCUT2D eigenvalue weighted by atomic mass is 10.1. The molecule has 0 saturated heterocycles.